The lowest BCUT2D eigenvalue weighted by Crippen LogP contribution is -2.14. The largest absolute Gasteiger partial charge is 0.423 e. The first-order valence-electron chi connectivity index (χ1n) is 13.2. The maximum Gasteiger partial charge on any atom is 0.341 e. The summed E-state index contributed by atoms with van der Waals surface area (Å²) in [6.45, 7) is 10.2. The maximum absolute atomic E-state index is 12.2. The second kappa shape index (κ2) is 14.2. The van der Waals surface area contributed by atoms with E-state index >= 15 is 0 Å². The van der Waals surface area contributed by atoms with Crippen molar-refractivity contribution in [3.8, 4) is 33.8 Å². The number of aliphatic hydroxyl groups excluding tert-OH is 2. The van der Waals surface area contributed by atoms with E-state index in [1.165, 1.54) is 30.9 Å². The van der Waals surface area contributed by atoms with E-state index in [9.17, 15) is 19.8 Å². The van der Waals surface area contributed by atoms with Crippen molar-refractivity contribution in [3.63, 3.8) is 0 Å². The molecule has 204 valence electrons. The van der Waals surface area contributed by atoms with E-state index in [0.717, 1.165) is 35.1 Å². The number of ether oxygens (including phenoxy) is 2. The Labute approximate surface area is 230 Å². The number of aryl methyl sites for hydroxylation is 2. The fourth-order valence-electron chi connectivity index (χ4n) is 4.12. The molecular formula is C33H36O6. The molecule has 0 aliphatic rings. The highest BCUT2D eigenvalue weighted by atomic mass is 16.5. The molecule has 6 nitrogen and oxygen atoms in total. The van der Waals surface area contributed by atoms with Gasteiger partial charge < -0.3 is 19.7 Å². The maximum atomic E-state index is 12.2. The van der Waals surface area contributed by atoms with Gasteiger partial charge in [0.05, 0.1) is 24.4 Å². The molecule has 0 saturated heterocycles. The third-order valence-electron chi connectivity index (χ3n) is 6.41. The third-order valence-corrected chi connectivity index (χ3v) is 6.41. The van der Waals surface area contributed by atoms with Gasteiger partial charge in [-0.15, -0.1) is 0 Å². The van der Waals surface area contributed by atoms with Crippen LogP contribution in [0.15, 0.2) is 85.0 Å². The minimum Gasteiger partial charge on any atom is -0.423 e. The first kappa shape index (κ1) is 29.6. The number of hydrogen-bond acceptors (Lipinski definition) is 6. The molecule has 0 spiro atoms. The monoisotopic (exact) mass is 528 g/mol. The zero-order chi connectivity index (χ0) is 28.4. The molecule has 3 aromatic carbocycles. The number of aliphatic hydroxyl groups is 2. The molecule has 3 aromatic rings. The van der Waals surface area contributed by atoms with Gasteiger partial charge >= 0.3 is 11.9 Å². The number of unbranched alkanes of at least 4 members (excludes halogenated alkanes) is 2. The van der Waals surface area contributed by atoms with Gasteiger partial charge in [0, 0.05) is 6.07 Å². The molecule has 0 amide bonds. The third kappa shape index (κ3) is 7.99. The molecule has 2 N–H and O–H groups in total. The molecule has 39 heavy (non-hydrogen) atoms. The minimum absolute atomic E-state index is 0.110. The van der Waals surface area contributed by atoms with Crippen LogP contribution in [0.25, 0.3) is 22.3 Å². The van der Waals surface area contributed by atoms with Gasteiger partial charge in [-0.05, 0) is 64.8 Å². The van der Waals surface area contributed by atoms with Crippen molar-refractivity contribution in [2.75, 3.05) is 13.2 Å². The number of rotatable bonds is 13. The molecular weight excluding hydrogens is 492 g/mol. The predicted octanol–water partition coefficient (Wildman–Crippen LogP) is 6.22. The highest BCUT2D eigenvalue weighted by Crippen LogP contribution is 2.34. The summed E-state index contributed by atoms with van der Waals surface area (Å²) >= 11 is 0. The Kier molecular flexibility index (Phi) is 10.8. The number of esters is 2. The summed E-state index contributed by atoms with van der Waals surface area (Å²) < 4.78 is 10.7. The zero-order valence-electron chi connectivity index (χ0n) is 22.7. The number of benzene rings is 3. The molecule has 0 unspecified atom stereocenters. The standard InChI is InChI=1S/C33H36O6/c1-5-7-8-9-24-10-12-26(13-11-24)31-15-14-27(16-25(31)6-2)28-17-29(38-32(36)22(3)20-34)19-30(18-28)39-33(37)23(4)21-35/h10-19,34-35H,3-9,20-21H2,1-2H3. The lowest BCUT2D eigenvalue weighted by Gasteiger charge is -2.14. The molecule has 0 aliphatic carbocycles. The number of hydrogen-bond donors (Lipinski definition) is 2. The first-order chi connectivity index (χ1) is 18.8. The van der Waals surface area contributed by atoms with Gasteiger partial charge in [-0.2, -0.15) is 0 Å². The topological polar surface area (TPSA) is 93.1 Å². The van der Waals surface area contributed by atoms with E-state index in [-0.39, 0.29) is 22.6 Å². The van der Waals surface area contributed by atoms with Crippen LogP contribution in [-0.4, -0.2) is 35.4 Å². The highest BCUT2D eigenvalue weighted by Gasteiger charge is 2.16. The fraction of sp³-hybridized carbons (Fsp3) is 0.273. The fourth-order valence-corrected chi connectivity index (χ4v) is 4.12. The van der Waals surface area contributed by atoms with Gasteiger partial charge in [0.2, 0.25) is 0 Å². The molecule has 0 atom stereocenters. The molecule has 0 heterocycles. The molecule has 6 heteroatoms. The number of carbonyl (C=O) groups is 2. The van der Waals surface area contributed by atoms with Gasteiger partial charge in [0.25, 0.3) is 0 Å². The van der Waals surface area contributed by atoms with Crippen molar-refractivity contribution in [2.24, 2.45) is 0 Å². The van der Waals surface area contributed by atoms with Gasteiger partial charge in [0.1, 0.15) is 11.5 Å². The van der Waals surface area contributed by atoms with E-state index in [1.54, 1.807) is 12.1 Å². The lowest BCUT2D eigenvalue weighted by molar-refractivity contribution is -0.131. The van der Waals surface area contributed by atoms with Crippen LogP contribution in [0.1, 0.15) is 44.2 Å². The van der Waals surface area contributed by atoms with E-state index < -0.39 is 25.2 Å². The Morgan fingerprint density at radius 2 is 1.28 bits per heavy atom. The minimum atomic E-state index is -0.797. The Balaban J connectivity index is 1.96. The second-order valence-corrected chi connectivity index (χ2v) is 9.37. The Morgan fingerprint density at radius 3 is 1.79 bits per heavy atom. The SMILES string of the molecule is C=C(CO)C(=O)Oc1cc(OC(=O)C(=C)CO)cc(-c2ccc(-c3ccc(CCCCC)cc3)c(CC)c2)c1. The van der Waals surface area contributed by atoms with Crippen LogP contribution < -0.4 is 9.47 Å². The summed E-state index contributed by atoms with van der Waals surface area (Å²) in [7, 11) is 0. The van der Waals surface area contributed by atoms with E-state index in [0.29, 0.717) is 5.56 Å². The predicted molar refractivity (Wildman–Crippen MR) is 154 cm³/mol. The van der Waals surface area contributed by atoms with Crippen LogP contribution in [0, 0.1) is 0 Å². The molecule has 3 rings (SSSR count). The quantitative estimate of drug-likeness (QED) is 0.118. The molecule has 0 fully saturated rings. The molecule has 0 aliphatic heterocycles. The van der Waals surface area contributed by atoms with E-state index in [1.807, 2.05) is 6.07 Å². The Morgan fingerprint density at radius 1 is 0.718 bits per heavy atom. The van der Waals surface area contributed by atoms with Crippen molar-refractivity contribution in [1.29, 1.82) is 0 Å². The lowest BCUT2D eigenvalue weighted by atomic mass is 9.93. The smallest absolute Gasteiger partial charge is 0.341 e. The van der Waals surface area contributed by atoms with Crippen molar-refractivity contribution < 1.29 is 29.3 Å². The van der Waals surface area contributed by atoms with E-state index in [2.05, 4.69) is 63.4 Å². The van der Waals surface area contributed by atoms with Crippen LogP contribution in [0.2, 0.25) is 0 Å². The van der Waals surface area contributed by atoms with E-state index in [4.69, 9.17) is 9.47 Å². The zero-order valence-corrected chi connectivity index (χ0v) is 22.7. The average Bonchev–Trinajstić information content (AvgIpc) is 2.96. The van der Waals surface area contributed by atoms with Crippen molar-refractivity contribution in [3.05, 3.63) is 96.1 Å². The molecule has 0 bridgehead atoms. The summed E-state index contributed by atoms with van der Waals surface area (Å²) in [6, 6.07) is 19.5. The summed E-state index contributed by atoms with van der Waals surface area (Å²) in [5, 5.41) is 18.4. The Bertz CT molecular complexity index is 1290. The van der Waals surface area contributed by atoms with Crippen molar-refractivity contribution in [2.45, 2.75) is 46.0 Å². The van der Waals surface area contributed by atoms with Gasteiger partial charge in [-0.25, -0.2) is 9.59 Å². The van der Waals surface area contributed by atoms with Crippen LogP contribution in [0.4, 0.5) is 0 Å². The first-order valence-corrected chi connectivity index (χ1v) is 13.2. The number of carbonyl (C=O) groups excluding carboxylic acids is 2. The van der Waals surface area contributed by atoms with Crippen molar-refractivity contribution in [1.82, 2.24) is 0 Å². The summed E-state index contributed by atoms with van der Waals surface area (Å²) in [4.78, 5) is 24.5. The van der Waals surface area contributed by atoms with Gasteiger partial charge in [-0.1, -0.05) is 82.3 Å². The average molecular weight is 529 g/mol. The summed E-state index contributed by atoms with van der Waals surface area (Å²) in [5.41, 5.74) is 6.01. The Hall–Kier alpha value is -4.00. The van der Waals surface area contributed by atoms with Crippen molar-refractivity contribution >= 4 is 11.9 Å². The normalized spacial score (nSPS) is 10.7. The van der Waals surface area contributed by atoms with Gasteiger partial charge in [-0.3, -0.25) is 0 Å². The molecule has 0 radical (unpaired) electrons. The van der Waals surface area contributed by atoms with Crippen LogP contribution in [0.5, 0.6) is 11.5 Å². The second-order valence-electron chi connectivity index (χ2n) is 9.37. The molecule has 0 saturated carbocycles. The molecule has 0 aromatic heterocycles. The van der Waals surface area contributed by atoms with Crippen LogP contribution in [-0.2, 0) is 22.4 Å². The summed E-state index contributed by atoms with van der Waals surface area (Å²) in [6.07, 6.45) is 5.51. The summed E-state index contributed by atoms with van der Waals surface area (Å²) in [5.74, 6) is -1.36. The van der Waals surface area contributed by atoms with Crippen LogP contribution >= 0.6 is 0 Å². The van der Waals surface area contributed by atoms with Crippen LogP contribution in [0.3, 0.4) is 0 Å². The highest BCUT2D eigenvalue weighted by molar-refractivity contribution is 5.91. The van der Waals surface area contributed by atoms with Gasteiger partial charge in [0.15, 0.2) is 0 Å².